The van der Waals surface area contributed by atoms with Crippen molar-refractivity contribution >= 4 is 34.8 Å². The number of hydrogen-bond donors (Lipinski definition) is 3. The van der Waals surface area contributed by atoms with Gasteiger partial charge in [-0.3, -0.25) is 29.1 Å². The predicted molar refractivity (Wildman–Crippen MR) is 267 cm³/mol. The zero-order valence-electron chi connectivity index (χ0n) is 40.5. The standard InChI is InChI=1S/C54H65N11O4/c1-33-28-61(37-12-15-60-30-34-7-9-42-44(43(34)23-40(60)22-37)31-65(51(42)67)38-6-5-13-55-26-38)16-17-62(33)39-8-10-49(57-27-39)58-46-20-36(29-59(4)52(46)68)41-11-14-56-50(45(41)32-66)64-19-18-63-47(53(64)69)21-35-24-54(2,3)25-48(35)63/h7-11,14,20-21,27,29,33,37-38,40,55,66H,5-6,12-13,15-19,22-26,28,30-32H2,1-4H3,(H,57,58)/t33-,37-,38?,40+/m0/s1. The number of nitrogens with one attached hydrogen (secondary N) is 2. The number of amides is 2. The summed E-state index contributed by atoms with van der Waals surface area (Å²) in [4.78, 5) is 62.4. The van der Waals surface area contributed by atoms with Gasteiger partial charge in [-0.2, -0.15) is 0 Å². The Bertz CT molecular complexity index is 2920. The molecule has 360 valence electrons. The first kappa shape index (κ1) is 44.3. The van der Waals surface area contributed by atoms with E-state index in [1.54, 1.807) is 30.4 Å². The van der Waals surface area contributed by atoms with E-state index < -0.39 is 0 Å². The number of fused-ring (bicyclic) bond motifs is 7. The normalized spacial score (nSPS) is 24.5. The zero-order valence-corrected chi connectivity index (χ0v) is 40.5. The molecule has 0 spiro atoms. The molecule has 0 saturated carbocycles. The molecule has 10 heterocycles. The first-order valence-electron chi connectivity index (χ1n) is 25.4. The van der Waals surface area contributed by atoms with E-state index in [1.807, 2.05) is 24.4 Å². The average molecular weight is 932 g/mol. The number of rotatable bonds is 8. The maximum Gasteiger partial charge on any atom is 0.276 e. The van der Waals surface area contributed by atoms with Crippen LogP contribution in [0.4, 0.5) is 23.0 Å². The molecule has 5 aromatic rings. The van der Waals surface area contributed by atoms with Gasteiger partial charge in [0.1, 0.15) is 23.0 Å². The molecular weight excluding hydrogens is 867 g/mol. The highest BCUT2D eigenvalue weighted by Gasteiger charge is 2.42. The van der Waals surface area contributed by atoms with Gasteiger partial charge in [0.2, 0.25) is 0 Å². The molecule has 1 aliphatic carbocycles. The lowest BCUT2D eigenvalue weighted by atomic mass is 9.83. The van der Waals surface area contributed by atoms with Crippen LogP contribution >= 0.6 is 0 Å². The SMILES string of the molecule is C[C@H]1CN([C@H]2CCN3Cc4ccc5c(c4C[C@H]3C2)CN(C2CCCNC2)C5=O)CCN1c1ccc(Nc2cc(-c3ccnc(N4CCn5c(cc6c5CC(C)(C)C6)C4=O)c3CO)cn(C)c2=O)nc1. The molecule has 3 N–H and O–H groups in total. The van der Waals surface area contributed by atoms with Crippen molar-refractivity contribution < 1.29 is 14.7 Å². The van der Waals surface area contributed by atoms with Crippen molar-refractivity contribution in [1.82, 2.24) is 39.1 Å². The van der Waals surface area contributed by atoms with Crippen molar-refractivity contribution in [3.63, 3.8) is 0 Å². The first-order valence-corrected chi connectivity index (χ1v) is 25.4. The molecule has 4 atom stereocenters. The third-order valence-corrected chi connectivity index (χ3v) is 16.8. The van der Waals surface area contributed by atoms with Crippen LogP contribution in [0.5, 0.6) is 0 Å². The summed E-state index contributed by atoms with van der Waals surface area (Å²) in [7, 11) is 1.72. The molecular formula is C54H65N11O4. The summed E-state index contributed by atoms with van der Waals surface area (Å²) in [6.07, 6.45) is 12.8. The monoisotopic (exact) mass is 932 g/mol. The number of carbonyl (C=O) groups excluding carboxylic acids is 2. The fourth-order valence-electron chi connectivity index (χ4n) is 13.3. The molecule has 0 radical (unpaired) electrons. The van der Waals surface area contributed by atoms with E-state index in [9.17, 15) is 19.5 Å². The minimum atomic E-state index is -0.326. The molecule has 0 bridgehead atoms. The number of aliphatic hydroxyl groups excluding tert-OH is 1. The van der Waals surface area contributed by atoms with Crippen molar-refractivity contribution in [2.24, 2.45) is 12.5 Å². The van der Waals surface area contributed by atoms with Crippen LogP contribution in [0.15, 0.2) is 65.8 Å². The van der Waals surface area contributed by atoms with Gasteiger partial charge in [0.25, 0.3) is 17.4 Å². The average Bonchev–Trinajstić information content (AvgIpc) is 3.99. The van der Waals surface area contributed by atoms with Crippen molar-refractivity contribution in [1.29, 1.82) is 0 Å². The Labute approximate surface area is 404 Å². The van der Waals surface area contributed by atoms with Crippen LogP contribution in [-0.2, 0) is 52.6 Å². The topological polar surface area (TPSA) is 147 Å². The van der Waals surface area contributed by atoms with E-state index in [0.717, 1.165) is 102 Å². The molecule has 1 aromatic carbocycles. The molecule has 7 aliphatic rings. The Morgan fingerprint density at radius 3 is 2.52 bits per heavy atom. The van der Waals surface area contributed by atoms with Crippen LogP contribution in [0.25, 0.3) is 11.1 Å². The van der Waals surface area contributed by atoms with Gasteiger partial charge in [-0.05, 0) is 128 Å². The fraction of sp³-hybridized carbons (Fsp3) is 0.500. The largest absolute Gasteiger partial charge is 0.392 e. The number of aromatic nitrogens is 4. The summed E-state index contributed by atoms with van der Waals surface area (Å²) >= 11 is 0. The first-order chi connectivity index (χ1) is 33.4. The lowest BCUT2D eigenvalue weighted by Gasteiger charge is -2.49. The predicted octanol–water partition coefficient (Wildman–Crippen LogP) is 5.47. The van der Waals surface area contributed by atoms with Crippen LogP contribution in [0, 0.1) is 5.41 Å². The lowest BCUT2D eigenvalue weighted by Crippen LogP contribution is -2.58. The molecule has 3 saturated heterocycles. The number of carbonyl (C=O) groups is 2. The minimum Gasteiger partial charge on any atom is -0.392 e. The number of piperazine rings is 1. The summed E-state index contributed by atoms with van der Waals surface area (Å²) in [5, 5.41) is 17.6. The van der Waals surface area contributed by atoms with Crippen LogP contribution in [0.2, 0.25) is 0 Å². The molecule has 69 heavy (non-hydrogen) atoms. The zero-order chi connectivity index (χ0) is 47.3. The highest BCUT2D eigenvalue weighted by molar-refractivity contribution is 6.06. The molecule has 12 rings (SSSR count). The number of benzene rings is 1. The number of piperidine rings is 2. The second-order valence-corrected chi connectivity index (χ2v) is 21.7. The summed E-state index contributed by atoms with van der Waals surface area (Å²) in [5.41, 5.74) is 11.6. The van der Waals surface area contributed by atoms with Crippen LogP contribution in [-0.4, -0.2) is 121 Å². The summed E-state index contributed by atoms with van der Waals surface area (Å²) in [5.74, 6) is 1.10. The quantitative estimate of drug-likeness (QED) is 0.182. The van der Waals surface area contributed by atoms with Gasteiger partial charge in [0.05, 0.1) is 18.5 Å². The summed E-state index contributed by atoms with van der Waals surface area (Å²) in [6.45, 7) is 15.3. The molecule has 6 aliphatic heterocycles. The van der Waals surface area contributed by atoms with Crippen LogP contribution in [0.3, 0.4) is 0 Å². The maximum absolute atomic E-state index is 14.0. The van der Waals surface area contributed by atoms with Gasteiger partial charge in [0, 0.05) is 125 Å². The van der Waals surface area contributed by atoms with E-state index in [0.29, 0.717) is 77.0 Å². The maximum atomic E-state index is 14.0. The number of anilines is 4. The minimum absolute atomic E-state index is 0.115. The fourth-order valence-corrected chi connectivity index (χ4v) is 13.3. The highest BCUT2D eigenvalue weighted by Crippen LogP contribution is 2.42. The number of pyridine rings is 3. The van der Waals surface area contributed by atoms with Gasteiger partial charge in [0.15, 0.2) is 0 Å². The third kappa shape index (κ3) is 7.76. The van der Waals surface area contributed by atoms with Crippen molar-refractivity contribution in [3.8, 4) is 11.1 Å². The van der Waals surface area contributed by atoms with E-state index in [-0.39, 0.29) is 29.4 Å². The van der Waals surface area contributed by atoms with Gasteiger partial charge in [-0.25, -0.2) is 9.97 Å². The lowest BCUT2D eigenvalue weighted by molar-refractivity contribution is 0.0456. The van der Waals surface area contributed by atoms with Crippen molar-refractivity contribution in [2.75, 3.05) is 60.9 Å². The Morgan fingerprint density at radius 2 is 1.72 bits per heavy atom. The molecule has 4 aromatic heterocycles. The van der Waals surface area contributed by atoms with Gasteiger partial charge in [-0.1, -0.05) is 19.9 Å². The Hall–Kier alpha value is -5.87. The van der Waals surface area contributed by atoms with E-state index in [1.165, 1.54) is 38.9 Å². The summed E-state index contributed by atoms with van der Waals surface area (Å²) in [6, 6.07) is 15.7. The molecule has 2 amide bonds. The van der Waals surface area contributed by atoms with Gasteiger partial charge < -0.3 is 34.7 Å². The number of nitrogens with zero attached hydrogens (tertiary/aromatic N) is 9. The molecule has 15 heteroatoms. The van der Waals surface area contributed by atoms with E-state index in [4.69, 9.17) is 4.98 Å². The summed E-state index contributed by atoms with van der Waals surface area (Å²) < 4.78 is 3.71. The van der Waals surface area contributed by atoms with Crippen LogP contribution < -0.4 is 26.0 Å². The smallest absolute Gasteiger partial charge is 0.276 e. The Balaban J connectivity index is 0.701. The highest BCUT2D eigenvalue weighted by atomic mass is 16.3. The van der Waals surface area contributed by atoms with E-state index >= 15 is 0 Å². The van der Waals surface area contributed by atoms with Gasteiger partial charge >= 0.3 is 0 Å². The Morgan fingerprint density at radius 1 is 0.841 bits per heavy atom. The number of aliphatic hydroxyl groups is 1. The second kappa shape index (κ2) is 17.2. The van der Waals surface area contributed by atoms with Crippen LogP contribution in [0.1, 0.15) is 101 Å². The molecule has 1 unspecified atom stereocenters. The third-order valence-electron chi connectivity index (χ3n) is 16.8. The number of aryl methyl sites for hydroxylation is 1. The second-order valence-electron chi connectivity index (χ2n) is 21.7. The molecule has 15 nitrogen and oxygen atoms in total. The number of hydrogen-bond acceptors (Lipinski definition) is 11. The van der Waals surface area contributed by atoms with Crippen molar-refractivity contribution in [2.45, 2.75) is 116 Å². The molecule has 3 fully saturated rings. The van der Waals surface area contributed by atoms with Crippen molar-refractivity contribution in [3.05, 3.63) is 116 Å². The van der Waals surface area contributed by atoms with Gasteiger partial charge in [-0.15, -0.1) is 0 Å². The van der Waals surface area contributed by atoms with E-state index in [2.05, 4.69) is 78.8 Å². The Kier molecular flexibility index (Phi) is 11.1.